The first-order valence-corrected chi connectivity index (χ1v) is 4.14. The maximum Gasteiger partial charge on any atom is 0.236 e. The van der Waals surface area contributed by atoms with Gasteiger partial charge in [-0.05, 0) is 19.8 Å². The Morgan fingerprint density at radius 3 is 2.67 bits per heavy atom. The molecule has 1 aliphatic carbocycles. The van der Waals surface area contributed by atoms with Crippen LogP contribution in [0.15, 0.2) is 0 Å². The van der Waals surface area contributed by atoms with E-state index in [9.17, 15) is 0 Å². The highest BCUT2D eigenvalue weighted by Crippen LogP contribution is 2.31. The van der Waals surface area contributed by atoms with E-state index >= 15 is 0 Å². The van der Waals surface area contributed by atoms with Crippen LogP contribution in [-0.2, 0) is 7.05 Å². The Morgan fingerprint density at radius 1 is 1.58 bits per heavy atom. The van der Waals surface area contributed by atoms with Gasteiger partial charge >= 0.3 is 0 Å². The molecule has 0 bridgehead atoms. The SMILES string of the molecule is Cc1nn(C)c(OC2CC2)c1N. The Bertz CT molecular complexity index is 301. The molecule has 0 unspecified atom stereocenters. The van der Waals surface area contributed by atoms with Crippen molar-refractivity contribution in [2.24, 2.45) is 7.05 Å². The number of ether oxygens (including phenoxy) is 1. The van der Waals surface area contributed by atoms with Crippen molar-refractivity contribution in [3.05, 3.63) is 5.69 Å². The molecule has 1 aliphatic rings. The van der Waals surface area contributed by atoms with E-state index in [1.165, 1.54) is 0 Å². The van der Waals surface area contributed by atoms with E-state index < -0.39 is 0 Å². The summed E-state index contributed by atoms with van der Waals surface area (Å²) in [5.41, 5.74) is 7.28. The van der Waals surface area contributed by atoms with Gasteiger partial charge in [-0.15, -0.1) is 0 Å². The minimum absolute atomic E-state index is 0.377. The molecule has 2 rings (SSSR count). The lowest BCUT2D eigenvalue weighted by atomic mass is 10.4. The molecule has 4 heteroatoms. The zero-order valence-electron chi connectivity index (χ0n) is 7.37. The zero-order chi connectivity index (χ0) is 8.72. The second-order valence-electron chi connectivity index (χ2n) is 3.25. The molecule has 1 aromatic heterocycles. The van der Waals surface area contributed by atoms with Crippen molar-refractivity contribution in [1.82, 2.24) is 9.78 Å². The van der Waals surface area contributed by atoms with Gasteiger partial charge in [-0.2, -0.15) is 5.10 Å². The molecule has 0 spiro atoms. The summed E-state index contributed by atoms with van der Waals surface area (Å²) < 4.78 is 7.28. The average Bonchev–Trinajstić information content (AvgIpc) is 2.77. The molecule has 12 heavy (non-hydrogen) atoms. The zero-order valence-corrected chi connectivity index (χ0v) is 7.37. The lowest BCUT2D eigenvalue weighted by molar-refractivity contribution is 0.278. The molecule has 1 aromatic rings. The Hall–Kier alpha value is -1.19. The Morgan fingerprint density at radius 2 is 2.25 bits per heavy atom. The van der Waals surface area contributed by atoms with Gasteiger partial charge in [0, 0.05) is 7.05 Å². The van der Waals surface area contributed by atoms with Crippen molar-refractivity contribution in [1.29, 1.82) is 0 Å². The van der Waals surface area contributed by atoms with E-state index in [4.69, 9.17) is 10.5 Å². The summed E-state index contributed by atoms with van der Waals surface area (Å²) in [6.07, 6.45) is 2.66. The molecule has 0 aliphatic heterocycles. The molecule has 0 saturated heterocycles. The second kappa shape index (κ2) is 2.40. The molecule has 0 atom stereocenters. The fourth-order valence-corrected chi connectivity index (χ4v) is 1.14. The summed E-state index contributed by atoms with van der Waals surface area (Å²) in [5, 5.41) is 4.16. The summed E-state index contributed by atoms with van der Waals surface area (Å²) >= 11 is 0. The molecule has 4 nitrogen and oxygen atoms in total. The molecule has 0 aromatic carbocycles. The second-order valence-corrected chi connectivity index (χ2v) is 3.25. The maximum absolute atomic E-state index is 5.77. The highest BCUT2D eigenvalue weighted by Gasteiger charge is 2.26. The van der Waals surface area contributed by atoms with Gasteiger partial charge in [0.1, 0.15) is 11.8 Å². The van der Waals surface area contributed by atoms with Crippen LogP contribution in [-0.4, -0.2) is 15.9 Å². The number of nitrogens with zero attached hydrogens (tertiary/aromatic N) is 2. The lowest BCUT2D eigenvalue weighted by Crippen LogP contribution is -2.03. The van der Waals surface area contributed by atoms with Crippen LogP contribution >= 0.6 is 0 Å². The summed E-state index contributed by atoms with van der Waals surface area (Å²) in [7, 11) is 1.85. The molecule has 1 fully saturated rings. The van der Waals surface area contributed by atoms with E-state index in [1.54, 1.807) is 4.68 Å². The van der Waals surface area contributed by atoms with Crippen molar-refractivity contribution < 1.29 is 4.74 Å². The molecule has 1 heterocycles. The number of nitrogens with two attached hydrogens (primary N) is 1. The van der Waals surface area contributed by atoms with Gasteiger partial charge in [-0.25, -0.2) is 4.68 Å². The van der Waals surface area contributed by atoms with Crippen molar-refractivity contribution in [2.45, 2.75) is 25.9 Å². The third-order valence-corrected chi connectivity index (χ3v) is 2.02. The van der Waals surface area contributed by atoms with Gasteiger partial charge in [0.05, 0.1) is 5.69 Å². The Labute approximate surface area is 71.3 Å². The first-order valence-electron chi connectivity index (χ1n) is 4.14. The fourth-order valence-electron chi connectivity index (χ4n) is 1.14. The van der Waals surface area contributed by atoms with E-state index in [0.29, 0.717) is 11.8 Å². The topological polar surface area (TPSA) is 53.1 Å². The van der Waals surface area contributed by atoms with Gasteiger partial charge in [0.2, 0.25) is 5.88 Å². The van der Waals surface area contributed by atoms with Gasteiger partial charge in [-0.3, -0.25) is 0 Å². The van der Waals surface area contributed by atoms with Crippen molar-refractivity contribution in [3.8, 4) is 5.88 Å². The molecule has 0 amide bonds. The van der Waals surface area contributed by atoms with Crippen LogP contribution in [0.25, 0.3) is 0 Å². The highest BCUT2D eigenvalue weighted by molar-refractivity contribution is 5.52. The normalized spacial score (nSPS) is 16.5. The molecule has 1 saturated carbocycles. The van der Waals surface area contributed by atoms with E-state index in [-0.39, 0.29) is 0 Å². The lowest BCUT2D eigenvalue weighted by Gasteiger charge is -2.04. The molecule has 0 radical (unpaired) electrons. The third-order valence-electron chi connectivity index (χ3n) is 2.02. The van der Waals surface area contributed by atoms with Crippen LogP contribution < -0.4 is 10.5 Å². The predicted octanol–water partition coefficient (Wildman–Crippen LogP) is 0.852. The number of aryl methyl sites for hydroxylation is 2. The van der Waals surface area contributed by atoms with Crippen molar-refractivity contribution in [2.75, 3.05) is 5.73 Å². The minimum Gasteiger partial charge on any atom is -0.473 e. The maximum atomic E-state index is 5.77. The third kappa shape index (κ3) is 1.13. The predicted molar refractivity (Wildman–Crippen MR) is 46.0 cm³/mol. The monoisotopic (exact) mass is 167 g/mol. The Balaban J connectivity index is 2.26. The summed E-state index contributed by atoms with van der Waals surface area (Å²) in [4.78, 5) is 0. The molecule has 66 valence electrons. The van der Waals surface area contributed by atoms with Gasteiger partial charge in [0.25, 0.3) is 0 Å². The van der Waals surface area contributed by atoms with Crippen LogP contribution in [0.3, 0.4) is 0 Å². The smallest absolute Gasteiger partial charge is 0.236 e. The van der Waals surface area contributed by atoms with Gasteiger partial charge < -0.3 is 10.5 Å². The van der Waals surface area contributed by atoms with Gasteiger partial charge in [-0.1, -0.05) is 0 Å². The highest BCUT2D eigenvalue weighted by atomic mass is 16.5. The van der Waals surface area contributed by atoms with Crippen LogP contribution in [0.5, 0.6) is 5.88 Å². The quantitative estimate of drug-likeness (QED) is 0.710. The number of aromatic nitrogens is 2. The van der Waals surface area contributed by atoms with Crippen LogP contribution in [0, 0.1) is 6.92 Å². The van der Waals surface area contributed by atoms with E-state index in [0.717, 1.165) is 24.4 Å². The van der Waals surface area contributed by atoms with Crippen molar-refractivity contribution in [3.63, 3.8) is 0 Å². The summed E-state index contributed by atoms with van der Waals surface area (Å²) in [5.74, 6) is 0.718. The largest absolute Gasteiger partial charge is 0.473 e. The van der Waals surface area contributed by atoms with E-state index in [2.05, 4.69) is 5.10 Å². The standard InChI is InChI=1S/C8H13N3O/c1-5-7(9)8(11(2)10-5)12-6-3-4-6/h6H,3-4,9H2,1-2H3. The fraction of sp³-hybridized carbons (Fsp3) is 0.625. The summed E-state index contributed by atoms with van der Waals surface area (Å²) in [6.45, 7) is 1.88. The minimum atomic E-state index is 0.377. The summed E-state index contributed by atoms with van der Waals surface area (Å²) in [6, 6.07) is 0. The first-order chi connectivity index (χ1) is 5.68. The first kappa shape index (κ1) is 7.46. The number of nitrogen functional groups attached to an aromatic ring is 1. The number of hydrogen-bond acceptors (Lipinski definition) is 3. The van der Waals surface area contributed by atoms with E-state index in [1.807, 2.05) is 14.0 Å². The van der Waals surface area contributed by atoms with Crippen LogP contribution in [0.1, 0.15) is 18.5 Å². The van der Waals surface area contributed by atoms with Crippen LogP contribution in [0.4, 0.5) is 5.69 Å². The number of hydrogen-bond donors (Lipinski definition) is 1. The molecular weight excluding hydrogens is 154 g/mol. The Kier molecular flexibility index (Phi) is 1.49. The number of anilines is 1. The van der Waals surface area contributed by atoms with Crippen LogP contribution in [0.2, 0.25) is 0 Å². The average molecular weight is 167 g/mol. The van der Waals surface area contributed by atoms with Crippen molar-refractivity contribution >= 4 is 5.69 Å². The van der Waals surface area contributed by atoms with Gasteiger partial charge in [0.15, 0.2) is 0 Å². The molecule has 2 N–H and O–H groups in total. The molecular formula is C8H13N3O. The number of rotatable bonds is 2.